The molecule has 1 N–H and O–H groups in total. The van der Waals surface area contributed by atoms with Crippen molar-refractivity contribution in [2.45, 2.75) is 26.7 Å². The lowest BCUT2D eigenvalue weighted by Crippen LogP contribution is -2.14. The van der Waals surface area contributed by atoms with Crippen LogP contribution in [0.1, 0.15) is 46.3 Å². The fraction of sp³-hybridized carbons (Fsp3) is 0.294. The Hall–Kier alpha value is -2.76. The molecule has 0 radical (unpaired) electrons. The van der Waals surface area contributed by atoms with Gasteiger partial charge in [0.2, 0.25) is 0 Å². The van der Waals surface area contributed by atoms with Gasteiger partial charge in [0.05, 0.1) is 24.1 Å². The summed E-state index contributed by atoms with van der Waals surface area (Å²) in [6.45, 7) is 4.25. The van der Waals surface area contributed by atoms with E-state index in [4.69, 9.17) is 4.74 Å². The third-order valence-corrected chi connectivity index (χ3v) is 3.12. The summed E-state index contributed by atoms with van der Waals surface area (Å²) in [4.78, 5) is 31.8. The number of esters is 1. The molecule has 1 aromatic carbocycles. The molecule has 0 fully saturated rings. The Labute approximate surface area is 134 Å². The maximum Gasteiger partial charge on any atom is 0.338 e. The zero-order valence-electron chi connectivity index (χ0n) is 13.2. The number of carbonyl (C=O) groups is 2. The average molecular weight is 313 g/mol. The van der Waals surface area contributed by atoms with Crippen LogP contribution in [0, 0.1) is 6.92 Å². The van der Waals surface area contributed by atoms with Crippen LogP contribution in [0.25, 0.3) is 0 Å². The number of carbonyl (C=O) groups excluding carboxylic acids is 2. The molecular weight excluding hydrogens is 294 g/mol. The fourth-order valence-electron chi connectivity index (χ4n) is 1.79. The number of aromatic nitrogens is 2. The number of nitrogens with one attached hydrogen (secondary N) is 1. The van der Waals surface area contributed by atoms with Crippen molar-refractivity contribution < 1.29 is 14.3 Å². The van der Waals surface area contributed by atoms with E-state index < -0.39 is 0 Å². The Morgan fingerprint density at radius 2 is 1.87 bits per heavy atom. The van der Waals surface area contributed by atoms with Crippen molar-refractivity contribution in [1.29, 1.82) is 0 Å². The number of unbranched alkanes of at least 4 members (excludes halogenated alkanes) is 1. The van der Waals surface area contributed by atoms with Gasteiger partial charge in [0.1, 0.15) is 5.69 Å². The summed E-state index contributed by atoms with van der Waals surface area (Å²) < 4.78 is 5.13. The number of rotatable bonds is 6. The molecule has 6 heteroatoms. The minimum atomic E-state index is -0.360. The van der Waals surface area contributed by atoms with Crippen molar-refractivity contribution in [3.63, 3.8) is 0 Å². The molecular formula is C17H19N3O3. The number of anilines is 1. The maximum atomic E-state index is 12.0. The molecule has 6 nitrogen and oxygen atoms in total. The lowest BCUT2D eigenvalue weighted by Gasteiger charge is -2.07. The normalized spacial score (nSPS) is 10.2. The van der Waals surface area contributed by atoms with Crippen LogP contribution in [-0.2, 0) is 4.74 Å². The van der Waals surface area contributed by atoms with Gasteiger partial charge in [-0.1, -0.05) is 13.3 Å². The van der Waals surface area contributed by atoms with Crippen LogP contribution in [0.4, 0.5) is 5.69 Å². The lowest BCUT2D eigenvalue weighted by molar-refractivity contribution is 0.0499. The predicted octanol–water partition coefficient (Wildman–Crippen LogP) is 2.99. The van der Waals surface area contributed by atoms with E-state index in [1.807, 2.05) is 6.92 Å². The van der Waals surface area contributed by atoms with Gasteiger partial charge in [-0.2, -0.15) is 0 Å². The van der Waals surface area contributed by atoms with E-state index in [0.717, 1.165) is 18.5 Å². The zero-order valence-corrected chi connectivity index (χ0v) is 13.2. The Morgan fingerprint density at radius 1 is 1.13 bits per heavy atom. The standard InChI is InChI=1S/C17H19N3O3/c1-3-4-9-23-17(22)13-5-7-14(8-6-13)20-16(21)15-11-18-12(2)10-19-15/h5-8,10-11H,3-4,9H2,1-2H3,(H,20,21). The van der Waals surface area contributed by atoms with Crippen molar-refractivity contribution in [1.82, 2.24) is 9.97 Å². The summed E-state index contributed by atoms with van der Waals surface area (Å²) in [6, 6.07) is 6.53. The van der Waals surface area contributed by atoms with E-state index in [0.29, 0.717) is 17.9 Å². The molecule has 0 atom stereocenters. The number of nitrogens with zero attached hydrogens (tertiary/aromatic N) is 2. The van der Waals surface area contributed by atoms with Crippen molar-refractivity contribution >= 4 is 17.6 Å². The molecule has 1 heterocycles. The minimum absolute atomic E-state index is 0.235. The number of hydrogen-bond acceptors (Lipinski definition) is 5. The molecule has 2 aromatic rings. The molecule has 0 unspecified atom stereocenters. The second-order valence-corrected chi connectivity index (χ2v) is 5.06. The van der Waals surface area contributed by atoms with E-state index >= 15 is 0 Å². The highest BCUT2D eigenvalue weighted by Gasteiger charge is 2.10. The molecule has 120 valence electrons. The zero-order chi connectivity index (χ0) is 16.7. The van der Waals surface area contributed by atoms with E-state index in [9.17, 15) is 9.59 Å². The Bertz CT molecular complexity index is 666. The van der Waals surface area contributed by atoms with Gasteiger partial charge < -0.3 is 10.1 Å². The second kappa shape index (κ2) is 8.03. The van der Waals surface area contributed by atoms with Crippen molar-refractivity contribution in [2.75, 3.05) is 11.9 Å². The van der Waals surface area contributed by atoms with Crippen molar-refractivity contribution in [3.05, 3.63) is 53.6 Å². The molecule has 0 aliphatic carbocycles. The average Bonchev–Trinajstić information content (AvgIpc) is 2.56. The topological polar surface area (TPSA) is 81.2 Å². The van der Waals surface area contributed by atoms with Gasteiger partial charge >= 0.3 is 5.97 Å². The third-order valence-electron chi connectivity index (χ3n) is 3.12. The number of hydrogen-bond donors (Lipinski definition) is 1. The van der Waals surface area contributed by atoms with Gasteiger partial charge in [0, 0.05) is 11.9 Å². The lowest BCUT2D eigenvalue weighted by atomic mass is 10.2. The summed E-state index contributed by atoms with van der Waals surface area (Å²) in [5.41, 5.74) is 2.00. The minimum Gasteiger partial charge on any atom is -0.462 e. The smallest absolute Gasteiger partial charge is 0.338 e. The molecule has 0 saturated heterocycles. The molecule has 2 rings (SSSR count). The first-order chi connectivity index (χ1) is 11.1. The molecule has 1 aromatic heterocycles. The fourth-order valence-corrected chi connectivity index (χ4v) is 1.79. The van der Waals surface area contributed by atoms with Gasteiger partial charge in [0.15, 0.2) is 0 Å². The van der Waals surface area contributed by atoms with Crippen LogP contribution in [0.15, 0.2) is 36.7 Å². The summed E-state index contributed by atoms with van der Waals surface area (Å²) in [5.74, 6) is -0.712. The molecule has 0 saturated carbocycles. The van der Waals surface area contributed by atoms with Crippen LogP contribution >= 0.6 is 0 Å². The van der Waals surface area contributed by atoms with Gasteiger partial charge in [-0.25, -0.2) is 9.78 Å². The molecule has 23 heavy (non-hydrogen) atoms. The van der Waals surface area contributed by atoms with Gasteiger partial charge in [-0.3, -0.25) is 9.78 Å². The summed E-state index contributed by atoms with van der Waals surface area (Å²) in [5, 5.41) is 2.70. The molecule has 0 aliphatic rings. The van der Waals surface area contributed by atoms with Gasteiger partial charge in [-0.05, 0) is 37.6 Å². The predicted molar refractivity (Wildman–Crippen MR) is 86.4 cm³/mol. The maximum absolute atomic E-state index is 12.0. The van der Waals surface area contributed by atoms with E-state index in [2.05, 4.69) is 15.3 Å². The summed E-state index contributed by atoms with van der Waals surface area (Å²) >= 11 is 0. The van der Waals surface area contributed by atoms with Crippen LogP contribution < -0.4 is 5.32 Å². The second-order valence-electron chi connectivity index (χ2n) is 5.06. The van der Waals surface area contributed by atoms with Crippen LogP contribution in [0.5, 0.6) is 0 Å². The van der Waals surface area contributed by atoms with Crippen LogP contribution in [0.2, 0.25) is 0 Å². The monoisotopic (exact) mass is 313 g/mol. The van der Waals surface area contributed by atoms with Crippen molar-refractivity contribution in [2.24, 2.45) is 0 Å². The quantitative estimate of drug-likeness (QED) is 0.655. The SMILES string of the molecule is CCCCOC(=O)c1ccc(NC(=O)c2cnc(C)cn2)cc1. The molecule has 0 aliphatic heterocycles. The Kier molecular flexibility index (Phi) is 5.80. The first kappa shape index (κ1) is 16.6. The number of amides is 1. The van der Waals surface area contributed by atoms with Gasteiger partial charge in [0.25, 0.3) is 5.91 Å². The van der Waals surface area contributed by atoms with Gasteiger partial charge in [-0.15, -0.1) is 0 Å². The molecule has 0 bridgehead atoms. The number of ether oxygens (including phenoxy) is 1. The first-order valence-corrected chi connectivity index (χ1v) is 7.47. The molecule has 0 spiro atoms. The number of aryl methyl sites for hydroxylation is 1. The summed E-state index contributed by atoms with van der Waals surface area (Å²) in [7, 11) is 0. The van der Waals surface area contributed by atoms with E-state index in [1.54, 1.807) is 31.2 Å². The van der Waals surface area contributed by atoms with Crippen LogP contribution in [-0.4, -0.2) is 28.5 Å². The van der Waals surface area contributed by atoms with E-state index in [1.165, 1.54) is 12.4 Å². The highest BCUT2D eigenvalue weighted by molar-refractivity contribution is 6.02. The highest BCUT2D eigenvalue weighted by Crippen LogP contribution is 2.12. The third kappa shape index (κ3) is 4.88. The first-order valence-electron chi connectivity index (χ1n) is 7.47. The number of benzene rings is 1. The van der Waals surface area contributed by atoms with Crippen LogP contribution in [0.3, 0.4) is 0 Å². The Balaban J connectivity index is 1.95. The largest absolute Gasteiger partial charge is 0.462 e. The highest BCUT2D eigenvalue weighted by atomic mass is 16.5. The summed E-state index contributed by atoms with van der Waals surface area (Å²) in [6.07, 6.45) is 4.77. The molecule has 1 amide bonds. The van der Waals surface area contributed by atoms with Crippen molar-refractivity contribution in [3.8, 4) is 0 Å². The van der Waals surface area contributed by atoms with E-state index in [-0.39, 0.29) is 17.6 Å². The Morgan fingerprint density at radius 3 is 2.48 bits per heavy atom.